The molecule has 5 rings (SSSR count). The fourth-order valence-corrected chi connectivity index (χ4v) is 5.65. The van der Waals surface area contributed by atoms with Crippen LogP contribution in [-0.4, -0.2) is 63.7 Å². The SMILES string of the molecule is CCN(CC)CCCNc1nc(-c2cc(N(C(=O)C(F)(F)F)C3CCC3)ccc2C)c2ccc(=O)n(-c3c(F)cccc3F)c2n1. The Balaban J connectivity index is 1.70. The molecule has 0 spiro atoms. The third-order valence-electron chi connectivity index (χ3n) is 8.40. The smallest absolute Gasteiger partial charge is 0.354 e. The summed E-state index contributed by atoms with van der Waals surface area (Å²) >= 11 is 0. The van der Waals surface area contributed by atoms with Crippen molar-refractivity contribution in [1.29, 1.82) is 0 Å². The van der Waals surface area contributed by atoms with Crippen molar-refractivity contribution in [3.63, 3.8) is 0 Å². The zero-order valence-electron chi connectivity index (χ0n) is 25.8. The number of carbonyl (C=O) groups excluding carboxylic acids is 1. The number of nitrogens with one attached hydrogen (secondary N) is 1. The van der Waals surface area contributed by atoms with Crippen molar-refractivity contribution >= 4 is 28.6 Å². The zero-order valence-corrected chi connectivity index (χ0v) is 25.8. The second kappa shape index (κ2) is 13.5. The van der Waals surface area contributed by atoms with Gasteiger partial charge in [-0.2, -0.15) is 18.2 Å². The number of alkyl halides is 3. The van der Waals surface area contributed by atoms with Crippen molar-refractivity contribution in [2.75, 3.05) is 36.4 Å². The predicted octanol–water partition coefficient (Wildman–Crippen LogP) is 6.63. The monoisotopic (exact) mass is 642 g/mol. The molecule has 0 aliphatic heterocycles. The van der Waals surface area contributed by atoms with Gasteiger partial charge in [0.25, 0.3) is 5.56 Å². The van der Waals surface area contributed by atoms with Gasteiger partial charge >= 0.3 is 12.1 Å². The fourth-order valence-electron chi connectivity index (χ4n) is 5.65. The lowest BCUT2D eigenvalue weighted by atomic mass is 9.90. The number of carbonyl (C=O) groups is 1. The molecule has 46 heavy (non-hydrogen) atoms. The van der Waals surface area contributed by atoms with E-state index in [1.54, 1.807) is 13.0 Å². The lowest BCUT2D eigenvalue weighted by molar-refractivity contribution is -0.171. The number of aromatic nitrogens is 3. The summed E-state index contributed by atoms with van der Waals surface area (Å²) in [6.07, 6.45) is -2.79. The van der Waals surface area contributed by atoms with E-state index in [2.05, 4.69) is 29.0 Å². The molecule has 2 aromatic heterocycles. The summed E-state index contributed by atoms with van der Waals surface area (Å²) in [7, 11) is 0. The van der Waals surface area contributed by atoms with Gasteiger partial charge in [-0.15, -0.1) is 0 Å². The number of benzene rings is 2. The molecule has 13 heteroatoms. The molecule has 4 aromatic rings. The minimum absolute atomic E-state index is 0.0431. The van der Waals surface area contributed by atoms with E-state index in [1.807, 2.05) is 0 Å². The lowest BCUT2D eigenvalue weighted by Gasteiger charge is -2.38. The van der Waals surface area contributed by atoms with Gasteiger partial charge in [0.15, 0.2) is 5.65 Å². The Hall–Kier alpha value is -4.39. The van der Waals surface area contributed by atoms with E-state index in [0.29, 0.717) is 43.4 Å². The van der Waals surface area contributed by atoms with Crippen LogP contribution in [0.15, 0.2) is 53.3 Å². The first kappa shape index (κ1) is 33.0. The van der Waals surface area contributed by atoms with Crippen molar-refractivity contribution < 1.29 is 26.7 Å². The normalized spacial score (nSPS) is 13.7. The summed E-state index contributed by atoms with van der Waals surface area (Å²) < 4.78 is 72.1. The Bertz CT molecular complexity index is 1780. The van der Waals surface area contributed by atoms with Gasteiger partial charge in [-0.1, -0.05) is 26.0 Å². The minimum atomic E-state index is -5.08. The van der Waals surface area contributed by atoms with Gasteiger partial charge in [-0.25, -0.2) is 13.8 Å². The van der Waals surface area contributed by atoms with Gasteiger partial charge in [-0.05, 0) is 88.1 Å². The summed E-state index contributed by atoms with van der Waals surface area (Å²) in [5.74, 6) is -3.86. The number of pyridine rings is 1. The molecule has 1 amide bonds. The number of halogens is 5. The van der Waals surface area contributed by atoms with Gasteiger partial charge in [-0.3, -0.25) is 14.2 Å². The second-order valence-electron chi connectivity index (χ2n) is 11.3. The van der Waals surface area contributed by atoms with Crippen molar-refractivity contribution in [2.45, 2.75) is 58.7 Å². The van der Waals surface area contributed by atoms with Crippen LogP contribution in [0.5, 0.6) is 0 Å². The maximum absolute atomic E-state index is 15.1. The molecule has 1 fully saturated rings. The Morgan fingerprint density at radius 3 is 2.33 bits per heavy atom. The lowest BCUT2D eigenvalue weighted by Crippen LogP contribution is -2.50. The van der Waals surface area contributed by atoms with Crippen molar-refractivity contribution in [2.24, 2.45) is 0 Å². The van der Waals surface area contributed by atoms with E-state index in [0.717, 1.165) is 47.3 Å². The van der Waals surface area contributed by atoms with Gasteiger partial charge in [0.1, 0.15) is 17.3 Å². The number of amides is 1. The number of para-hydroxylation sites is 1. The van der Waals surface area contributed by atoms with E-state index in [-0.39, 0.29) is 28.4 Å². The van der Waals surface area contributed by atoms with Crippen LogP contribution >= 0.6 is 0 Å². The first-order chi connectivity index (χ1) is 21.9. The van der Waals surface area contributed by atoms with Gasteiger partial charge in [0, 0.05) is 35.3 Å². The molecular weight excluding hydrogens is 607 g/mol. The van der Waals surface area contributed by atoms with Crippen LogP contribution in [-0.2, 0) is 4.79 Å². The number of rotatable bonds is 11. The van der Waals surface area contributed by atoms with Crippen LogP contribution < -0.4 is 15.8 Å². The van der Waals surface area contributed by atoms with E-state index < -0.39 is 41.0 Å². The van der Waals surface area contributed by atoms with Gasteiger partial charge in [0.05, 0.1) is 5.69 Å². The van der Waals surface area contributed by atoms with Crippen LogP contribution in [0.2, 0.25) is 0 Å². The number of hydrogen-bond donors (Lipinski definition) is 1. The number of fused-ring (bicyclic) bond motifs is 1. The summed E-state index contributed by atoms with van der Waals surface area (Å²) in [5, 5.41) is 3.37. The van der Waals surface area contributed by atoms with Gasteiger partial charge in [0.2, 0.25) is 5.95 Å². The molecule has 1 N–H and O–H groups in total. The Labute approximate surface area is 262 Å². The minimum Gasteiger partial charge on any atom is -0.354 e. The maximum Gasteiger partial charge on any atom is 0.471 e. The Morgan fingerprint density at radius 2 is 1.72 bits per heavy atom. The average molecular weight is 643 g/mol. The molecule has 1 saturated carbocycles. The fraction of sp³-hybridized carbons (Fsp3) is 0.394. The summed E-state index contributed by atoms with van der Waals surface area (Å²) in [4.78, 5) is 38.0. The number of anilines is 2. The topological polar surface area (TPSA) is 83.4 Å². The number of aryl methyl sites for hydroxylation is 1. The second-order valence-corrected chi connectivity index (χ2v) is 11.3. The van der Waals surface area contributed by atoms with Crippen LogP contribution in [0.3, 0.4) is 0 Å². The number of nitrogens with zero attached hydrogens (tertiary/aromatic N) is 5. The summed E-state index contributed by atoms with van der Waals surface area (Å²) in [6, 6.07) is 9.69. The highest BCUT2D eigenvalue weighted by molar-refractivity contribution is 6.00. The number of hydrogen-bond acceptors (Lipinski definition) is 6. The van der Waals surface area contributed by atoms with E-state index >= 15 is 8.78 Å². The van der Waals surface area contributed by atoms with Crippen LogP contribution in [0.25, 0.3) is 28.0 Å². The van der Waals surface area contributed by atoms with E-state index in [9.17, 15) is 22.8 Å². The molecule has 0 radical (unpaired) electrons. The van der Waals surface area contributed by atoms with E-state index in [4.69, 9.17) is 4.98 Å². The summed E-state index contributed by atoms with van der Waals surface area (Å²) in [5.41, 5.74) is -0.220. The highest BCUT2D eigenvalue weighted by Crippen LogP contribution is 2.38. The van der Waals surface area contributed by atoms with Crippen LogP contribution in [0, 0.1) is 18.6 Å². The van der Waals surface area contributed by atoms with Crippen molar-refractivity contribution in [3.05, 3.63) is 76.1 Å². The third-order valence-corrected chi connectivity index (χ3v) is 8.40. The van der Waals surface area contributed by atoms with Crippen LogP contribution in [0.4, 0.5) is 33.6 Å². The highest BCUT2D eigenvalue weighted by atomic mass is 19.4. The van der Waals surface area contributed by atoms with Gasteiger partial charge < -0.3 is 15.1 Å². The quantitative estimate of drug-likeness (QED) is 0.146. The molecule has 0 bridgehead atoms. The predicted molar refractivity (Wildman–Crippen MR) is 167 cm³/mol. The Kier molecular flexibility index (Phi) is 9.71. The molecule has 0 saturated heterocycles. The molecule has 8 nitrogen and oxygen atoms in total. The Morgan fingerprint density at radius 1 is 1.02 bits per heavy atom. The standard InChI is InChI=1S/C33H35F5N6O2/c1-4-42(5-2)18-8-17-39-32-40-28(23-15-16-27(45)44(30(23)41-32)29-25(34)11-7-12-26(29)35)24-19-22(14-13-20(24)3)43(21-9-6-10-21)31(46)33(36,37)38/h7,11-16,19,21H,4-6,8-10,17-18H2,1-3H3,(H,39,40,41). The molecular formula is C33H35F5N6O2. The largest absolute Gasteiger partial charge is 0.471 e. The molecule has 244 valence electrons. The third kappa shape index (κ3) is 6.60. The first-order valence-electron chi connectivity index (χ1n) is 15.3. The molecule has 1 aliphatic rings. The average Bonchev–Trinajstić information content (AvgIpc) is 2.99. The maximum atomic E-state index is 15.1. The molecule has 1 aliphatic carbocycles. The molecule has 2 heterocycles. The highest BCUT2D eigenvalue weighted by Gasteiger charge is 2.46. The molecule has 0 unspecified atom stereocenters. The zero-order chi connectivity index (χ0) is 33.2. The van der Waals surface area contributed by atoms with E-state index in [1.165, 1.54) is 24.3 Å². The van der Waals surface area contributed by atoms with Crippen molar-refractivity contribution in [3.8, 4) is 16.9 Å². The van der Waals surface area contributed by atoms with Crippen molar-refractivity contribution in [1.82, 2.24) is 19.4 Å². The first-order valence-corrected chi connectivity index (χ1v) is 15.3. The molecule has 0 atom stereocenters. The van der Waals surface area contributed by atoms with Crippen LogP contribution in [0.1, 0.15) is 45.1 Å². The summed E-state index contributed by atoms with van der Waals surface area (Å²) in [6.45, 7) is 8.81. The molecule has 2 aromatic carbocycles.